The summed E-state index contributed by atoms with van der Waals surface area (Å²) >= 11 is 0. The molecule has 0 radical (unpaired) electrons. The monoisotopic (exact) mass is 603 g/mol. The van der Waals surface area contributed by atoms with E-state index in [4.69, 9.17) is 4.74 Å². The Bertz CT molecular complexity index is 1690. The Hall–Kier alpha value is -4.53. The third kappa shape index (κ3) is 4.71. The number of rotatable bonds is 6. The number of para-hydroxylation sites is 1. The molecular formula is C37H37N3O5. The first kappa shape index (κ1) is 29.2. The number of anilines is 2. The Labute approximate surface area is 263 Å². The smallest absolute Gasteiger partial charge is 0.253 e. The molecule has 2 saturated heterocycles. The number of carbonyl (C=O) groups excluding carboxylic acids is 3. The lowest BCUT2D eigenvalue weighted by molar-refractivity contribution is -0.144. The zero-order valence-electron chi connectivity index (χ0n) is 25.5. The van der Waals surface area contributed by atoms with E-state index in [-0.39, 0.29) is 30.9 Å². The molecule has 4 aliphatic rings. The average Bonchev–Trinajstić information content (AvgIpc) is 3.37. The second kappa shape index (κ2) is 11.4. The number of aliphatic hydroxyl groups excluding tert-OH is 1. The van der Waals surface area contributed by atoms with E-state index in [0.29, 0.717) is 13.0 Å². The molecule has 3 aromatic rings. The molecule has 0 aliphatic carbocycles. The SMILES string of the molecule is Cc1ccc(C)c(N2CC=C[C@]34O[C@@H]5C=CCN(c6ccccc6)C(=O)[C@@H]5[C@H]3C(=O)N([C@@H](CO)Cc3ccccc3)C4C2=O)c1. The maximum atomic E-state index is 14.9. The molecule has 45 heavy (non-hydrogen) atoms. The minimum Gasteiger partial charge on any atom is -0.394 e. The Morgan fingerprint density at radius 2 is 1.58 bits per heavy atom. The second-order valence-electron chi connectivity index (χ2n) is 12.5. The highest BCUT2D eigenvalue weighted by molar-refractivity contribution is 6.07. The van der Waals surface area contributed by atoms with Crippen molar-refractivity contribution < 1.29 is 24.2 Å². The van der Waals surface area contributed by atoms with Crippen LogP contribution in [0.15, 0.2) is 103 Å². The Balaban J connectivity index is 1.36. The lowest BCUT2D eigenvalue weighted by atomic mass is 9.77. The molecule has 4 aliphatic heterocycles. The van der Waals surface area contributed by atoms with Crippen molar-refractivity contribution >= 4 is 29.1 Å². The normalized spacial score (nSPS) is 28.1. The minimum absolute atomic E-state index is 0.216. The largest absolute Gasteiger partial charge is 0.394 e. The molecule has 1 spiro atoms. The van der Waals surface area contributed by atoms with Gasteiger partial charge < -0.3 is 24.5 Å². The number of amides is 3. The molecule has 2 fully saturated rings. The van der Waals surface area contributed by atoms with Crippen LogP contribution in [0.1, 0.15) is 16.7 Å². The lowest BCUT2D eigenvalue weighted by Crippen LogP contribution is -2.58. The van der Waals surface area contributed by atoms with Gasteiger partial charge in [-0.1, -0.05) is 85.0 Å². The molecule has 6 atom stereocenters. The van der Waals surface area contributed by atoms with E-state index >= 15 is 0 Å². The Kier molecular flexibility index (Phi) is 7.42. The van der Waals surface area contributed by atoms with Gasteiger partial charge >= 0.3 is 0 Å². The van der Waals surface area contributed by atoms with Crippen LogP contribution in [0.3, 0.4) is 0 Å². The molecule has 0 bridgehead atoms. The van der Waals surface area contributed by atoms with Gasteiger partial charge in [-0.05, 0) is 55.2 Å². The summed E-state index contributed by atoms with van der Waals surface area (Å²) in [5.74, 6) is -2.64. The fourth-order valence-corrected chi connectivity index (χ4v) is 7.67. The van der Waals surface area contributed by atoms with E-state index in [1.807, 2.05) is 117 Å². The molecule has 8 nitrogen and oxygen atoms in total. The maximum absolute atomic E-state index is 14.9. The maximum Gasteiger partial charge on any atom is 0.253 e. The van der Waals surface area contributed by atoms with Gasteiger partial charge in [0.1, 0.15) is 11.6 Å². The average molecular weight is 604 g/mol. The van der Waals surface area contributed by atoms with E-state index in [1.165, 1.54) is 0 Å². The van der Waals surface area contributed by atoms with Gasteiger partial charge in [-0.25, -0.2) is 0 Å². The summed E-state index contributed by atoms with van der Waals surface area (Å²) in [7, 11) is 0. The third-order valence-electron chi connectivity index (χ3n) is 9.74. The summed E-state index contributed by atoms with van der Waals surface area (Å²) in [6.45, 7) is 4.23. The highest BCUT2D eigenvalue weighted by Crippen LogP contribution is 2.54. The van der Waals surface area contributed by atoms with Gasteiger partial charge in [-0.3, -0.25) is 14.4 Å². The molecule has 3 aromatic carbocycles. The van der Waals surface area contributed by atoms with Gasteiger partial charge in [0.15, 0.2) is 0 Å². The summed E-state index contributed by atoms with van der Waals surface area (Å²) in [4.78, 5) is 49.1. The van der Waals surface area contributed by atoms with Crippen LogP contribution < -0.4 is 9.80 Å². The highest BCUT2D eigenvalue weighted by atomic mass is 16.5. The number of aliphatic hydroxyl groups is 1. The molecule has 1 N–H and O–H groups in total. The molecule has 3 amide bonds. The summed E-state index contributed by atoms with van der Waals surface area (Å²) in [6.07, 6.45) is 7.18. The van der Waals surface area contributed by atoms with Crippen molar-refractivity contribution in [2.24, 2.45) is 11.8 Å². The topological polar surface area (TPSA) is 90.4 Å². The number of hydrogen-bond donors (Lipinski definition) is 1. The van der Waals surface area contributed by atoms with Crippen molar-refractivity contribution in [2.75, 3.05) is 29.5 Å². The van der Waals surface area contributed by atoms with Crippen molar-refractivity contribution in [3.05, 3.63) is 120 Å². The summed E-state index contributed by atoms with van der Waals surface area (Å²) in [6, 6.07) is 23.2. The Morgan fingerprint density at radius 3 is 2.31 bits per heavy atom. The van der Waals surface area contributed by atoms with Gasteiger partial charge in [0, 0.05) is 24.5 Å². The van der Waals surface area contributed by atoms with Gasteiger partial charge in [-0.15, -0.1) is 0 Å². The molecule has 0 saturated carbocycles. The third-order valence-corrected chi connectivity index (χ3v) is 9.74. The predicted octanol–water partition coefficient (Wildman–Crippen LogP) is 3.99. The standard InChI is InChI=1S/C37H37N3O5/c1-24-16-17-25(2)29(21-24)39-20-10-18-37-32(31-30(45-37)15-9-19-38(34(31)42)27-13-7-4-8-14-27)35(43)40(33(37)36(39)44)28(23-41)22-26-11-5-3-6-12-26/h3-18,21,28,30-33,41H,19-20,22-23H2,1-2H3/t28-,30-,31+,32+,33?,37+/m1/s1. The van der Waals surface area contributed by atoms with Gasteiger partial charge in [0.2, 0.25) is 11.8 Å². The molecule has 230 valence electrons. The van der Waals surface area contributed by atoms with Crippen LogP contribution in [0, 0.1) is 25.7 Å². The number of aryl methyl sites for hydroxylation is 2. The number of ether oxygens (including phenoxy) is 1. The van der Waals surface area contributed by atoms with Crippen molar-refractivity contribution in [3.63, 3.8) is 0 Å². The van der Waals surface area contributed by atoms with Crippen LogP contribution in [-0.4, -0.2) is 71.2 Å². The molecular weight excluding hydrogens is 566 g/mol. The lowest BCUT2D eigenvalue weighted by Gasteiger charge is -2.39. The van der Waals surface area contributed by atoms with E-state index in [2.05, 4.69) is 0 Å². The number of nitrogens with zero attached hydrogens (tertiary/aromatic N) is 3. The molecule has 7 rings (SSSR count). The van der Waals surface area contributed by atoms with Crippen molar-refractivity contribution in [2.45, 2.75) is 44.1 Å². The zero-order chi connectivity index (χ0) is 31.3. The molecule has 1 unspecified atom stereocenters. The van der Waals surface area contributed by atoms with Crippen LogP contribution in [0.4, 0.5) is 11.4 Å². The fraction of sp³-hybridized carbons (Fsp3) is 0.324. The van der Waals surface area contributed by atoms with Gasteiger partial charge in [-0.2, -0.15) is 0 Å². The quantitative estimate of drug-likeness (QED) is 0.431. The molecule has 0 aromatic heterocycles. The summed E-state index contributed by atoms with van der Waals surface area (Å²) in [5, 5.41) is 10.8. The first-order valence-corrected chi connectivity index (χ1v) is 15.6. The number of likely N-dealkylation sites (tertiary alicyclic amines) is 1. The second-order valence-corrected chi connectivity index (χ2v) is 12.5. The molecule has 8 heteroatoms. The van der Waals surface area contributed by atoms with Crippen LogP contribution >= 0.6 is 0 Å². The van der Waals surface area contributed by atoms with E-state index < -0.39 is 35.6 Å². The van der Waals surface area contributed by atoms with Crippen LogP contribution in [-0.2, 0) is 25.5 Å². The first-order valence-electron chi connectivity index (χ1n) is 15.6. The van der Waals surface area contributed by atoms with E-state index in [9.17, 15) is 19.5 Å². The van der Waals surface area contributed by atoms with E-state index in [0.717, 1.165) is 28.1 Å². The predicted molar refractivity (Wildman–Crippen MR) is 172 cm³/mol. The van der Waals surface area contributed by atoms with Crippen molar-refractivity contribution in [1.82, 2.24) is 4.90 Å². The number of carbonyl (C=O) groups is 3. The Morgan fingerprint density at radius 1 is 0.867 bits per heavy atom. The van der Waals surface area contributed by atoms with Crippen LogP contribution in [0.5, 0.6) is 0 Å². The number of benzene rings is 3. The number of hydrogen-bond acceptors (Lipinski definition) is 5. The van der Waals surface area contributed by atoms with Crippen molar-refractivity contribution in [3.8, 4) is 0 Å². The zero-order valence-corrected chi connectivity index (χ0v) is 25.5. The summed E-state index contributed by atoms with van der Waals surface area (Å²) in [5.41, 5.74) is 2.98. The van der Waals surface area contributed by atoms with Crippen molar-refractivity contribution in [1.29, 1.82) is 0 Å². The van der Waals surface area contributed by atoms with Crippen LogP contribution in [0.25, 0.3) is 0 Å². The summed E-state index contributed by atoms with van der Waals surface area (Å²) < 4.78 is 6.84. The minimum atomic E-state index is -1.39. The van der Waals surface area contributed by atoms with Gasteiger partial charge in [0.05, 0.1) is 30.6 Å². The first-order chi connectivity index (χ1) is 21.8. The molecule has 4 heterocycles. The number of fused-ring (bicyclic) bond motifs is 2. The van der Waals surface area contributed by atoms with E-state index in [1.54, 1.807) is 14.7 Å². The highest BCUT2D eigenvalue weighted by Gasteiger charge is 2.72. The fourth-order valence-electron chi connectivity index (χ4n) is 7.67. The van der Waals surface area contributed by atoms with Crippen LogP contribution in [0.2, 0.25) is 0 Å². The van der Waals surface area contributed by atoms with Gasteiger partial charge in [0.25, 0.3) is 5.91 Å².